The van der Waals surface area contributed by atoms with Crippen LogP contribution in [-0.2, 0) is 14.3 Å². The minimum atomic E-state index is -0.892. The van der Waals surface area contributed by atoms with Crippen LogP contribution in [0.2, 0.25) is 0 Å². The van der Waals surface area contributed by atoms with E-state index in [1.165, 1.54) is 0 Å². The Kier molecular flexibility index (Phi) is 3.78. The molecule has 0 bridgehead atoms. The molecule has 5 heteroatoms. The van der Waals surface area contributed by atoms with E-state index >= 15 is 0 Å². The van der Waals surface area contributed by atoms with Gasteiger partial charge in [-0.25, -0.2) is 0 Å². The van der Waals surface area contributed by atoms with Crippen LogP contribution in [0.4, 0.5) is 0 Å². The van der Waals surface area contributed by atoms with Gasteiger partial charge in [-0.15, -0.1) is 0 Å². The molecule has 2 aliphatic rings. The van der Waals surface area contributed by atoms with Gasteiger partial charge in [0.2, 0.25) is 5.91 Å². The van der Waals surface area contributed by atoms with Gasteiger partial charge in [0.05, 0.1) is 24.5 Å². The van der Waals surface area contributed by atoms with Crippen molar-refractivity contribution in [3.63, 3.8) is 0 Å². The fourth-order valence-corrected chi connectivity index (χ4v) is 2.33. The molecule has 0 aromatic carbocycles. The molecule has 1 saturated heterocycles. The number of nitrogens with one attached hydrogen (secondary N) is 1. The van der Waals surface area contributed by atoms with E-state index in [0.717, 1.165) is 6.42 Å². The molecule has 0 spiro atoms. The van der Waals surface area contributed by atoms with E-state index in [2.05, 4.69) is 5.32 Å². The van der Waals surface area contributed by atoms with Gasteiger partial charge in [-0.2, -0.15) is 0 Å². The zero-order chi connectivity index (χ0) is 12.3. The number of carbonyl (C=O) groups is 2. The van der Waals surface area contributed by atoms with Gasteiger partial charge < -0.3 is 15.2 Å². The Labute approximate surface area is 99.8 Å². The highest BCUT2D eigenvalue weighted by molar-refractivity contribution is 5.85. The Morgan fingerprint density at radius 1 is 1.24 bits per heavy atom. The summed E-state index contributed by atoms with van der Waals surface area (Å²) in [5, 5.41) is 12.0. The second-order valence-electron chi connectivity index (χ2n) is 4.56. The first-order valence-corrected chi connectivity index (χ1v) is 5.94. The van der Waals surface area contributed by atoms with Crippen molar-refractivity contribution in [3.05, 3.63) is 12.2 Å². The first-order chi connectivity index (χ1) is 8.18. The van der Waals surface area contributed by atoms with Crippen LogP contribution < -0.4 is 5.32 Å². The summed E-state index contributed by atoms with van der Waals surface area (Å²) in [5.74, 6) is -2.09. The monoisotopic (exact) mass is 239 g/mol. The van der Waals surface area contributed by atoms with Crippen LogP contribution in [0.15, 0.2) is 12.2 Å². The Hall–Kier alpha value is -1.36. The summed E-state index contributed by atoms with van der Waals surface area (Å²) >= 11 is 0. The Morgan fingerprint density at radius 3 is 2.53 bits per heavy atom. The number of carbonyl (C=O) groups excluding carboxylic acids is 1. The number of aliphatic carboxylic acids is 1. The molecule has 1 amide bonds. The Balaban J connectivity index is 1.96. The summed E-state index contributed by atoms with van der Waals surface area (Å²) in [5.41, 5.74) is 0. The first-order valence-electron chi connectivity index (χ1n) is 5.94. The Morgan fingerprint density at radius 2 is 1.94 bits per heavy atom. The molecular weight excluding hydrogens is 222 g/mol. The number of hydrogen-bond acceptors (Lipinski definition) is 3. The van der Waals surface area contributed by atoms with Gasteiger partial charge in [-0.3, -0.25) is 9.59 Å². The maximum atomic E-state index is 12.0. The van der Waals surface area contributed by atoms with E-state index in [1.807, 2.05) is 12.2 Å². The second-order valence-corrected chi connectivity index (χ2v) is 4.56. The number of carboxylic acid groups (broad SMARTS) is 1. The van der Waals surface area contributed by atoms with Crippen LogP contribution >= 0.6 is 0 Å². The van der Waals surface area contributed by atoms with Gasteiger partial charge in [0, 0.05) is 6.61 Å². The lowest BCUT2D eigenvalue weighted by Crippen LogP contribution is -2.43. The summed E-state index contributed by atoms with van der Waals surface area (Å²) in [4.78, 5) is 23.1. The molecule has 94 valence electrons. The SMILES string of the molecule is O=C(O)[C@H]1CC=CC[C@H]1C(=O)NC1CCOC1. The van der Waals surface area contributed by atoms with Crippen molar-refractivity contribution in [2.24, 2.45) is 11.8 Å². The summed E-state index contributed by atoms with van der Waals surface area (Å²) in [6.07, 6.45) is 5.48. The summed E-state index contributed by atoms with van der Waals surface area (Å²) in [7, 11) is 0. The third-order valence-corrected chi connectivity index (χ3v) is 3.36. The number of hydrogen-bond donors (Lipinski definition) is 2. The molecule has 17 heavy (non-hydrogen) atoms. The molecule has 3 atom stereocenters. The van der Waals surface area contributed by atoms with Crippen molar-refractivity contribution in [1.29, 1.82) is 0 Å². The van der Waals surface area contributed by atoms with Crippen LogP contribution in [0, 0.1) is 11.8 Å². The number of amides is 1. The van der Waals surface area contributed by atoms with Crippen molar-refractivity contribution >= 4 is 11.9 Å². The van der Waals surface area contributed by atoms with E-state index < -0.39 is 17.8 Å². The van der Waals surface area contributed by atoms with Crippen molar-refractivity contribution in [2.75, 3.05) is 13.2 Å². The van der Waals surface area contributed by atoms with Crippen molar-refractivity contribution in [3.8, 4) is 0 Å². The van der Waals surface area contributed by atoms with Crippen LogP contribution in [0.5, 0.6) is 0 Å². The maximum Gasteiger partial charge on any atom is 0.307 e. The van der Waals surface area contributed by atoms with Gasteiger partial charge in [0.15, 0.2) is 0 Å². The minimum Gasteiger partial charge on any atom is -0.481 e. The molecule has 2 N–H and O–H groups in total. The van der Waals surface area contributed by atoms with Crippen molar-refractivity contribution in [2.45, 2.75) is 25.3 Å². The molecule has 0 aromatic heterocycles. The van der Waals surface area contributed by atoms with Gasteiger partial charge in [0.25, 0.3) is 0 Å². The van der Waals surface area contributed by atoms with Gasteiger partial charge in [-0.05, 0) is 19.3 Å². The van der Waals surface area contributed by atoms with E-state index in [9.17, 15) is 9.59 Å². The third-order valence-electron chi connectivity index (χ3n) is 3.36. The molecule has 2 rings (SSSR count). The number of rotatable bonds is 3. The molecule has 0 radical (unpaired) electrons. The molecule has 1 fully saturated rings. The molecule has 1 heterocycles. The average Bonchev–Trinajstić information content (AvgIpc) is 2.81. The third kappa shape index (κ3) is 2.85. The summed E-state index contributed by atoms with van der Waals surface area (Å²) in [6, 6.07) is 0.0443. The standard InChI is InChI=1S/C12H17NO4/c14-11(13-8-5-6-17-7-8)9-3-1-2-4-10(9)12(15)16/h1-2,8-10H,3-7H2,(H,13,14)(H,15,16)/t8?,9-,10+/m1/s1. The van der Waals surface area contributed by atoms with Gasteiger partial charge in [-0.1, -0.05) is 12.2 Å². The van der Waals surface area contributed by atoms with Crippen LogP contribution in [0.3, 0.4) is 0 Å². The summed E-state index contributed by atoms with van der Waals surface area (Å²) < 4.78 is 5.17. The zero-order valence-electron chi connectivity index (χ0n) is 9.59. The highest BCUT2D eigenvalue weighted by Crippen LogP contribution is 2.26. The van der Waals surface area contributed by atoms with E-state index in [1.54, 1.807) is 0 Å². The lowest BCUT2D eigenvalue weighted by Gasteiger charge is -2.25. The molecule has 1 unspecified atom stereocenters. The zero-order valence-corrected chi connectivity index (χ0v) is 9.59. The number of allylic oxidation sites excluding steroid dienone is 2. The molecule has 5 nitrogen and oxygen atoms in total. The van der Waals surface area contributed by atoms with Crippen molar-refractivity contribution < 1.29 is 19.4 Å². The second kappa shape index (κ2) is 5.31. The topological polar surface area (TPSA) is 75.6 Å². The van der Waals surface area contributed by atoms with Crippen LogP contribution in [0.25, 0.3) is 0 Å². The van der Waals surface area contributed by atoms with E-state index in [0.29, 0.717) is 26.1 Å². The van der Waals surface area contributed by atoms with Crippen LogP contribution in [0.1, 0.15) is 19.3 Å². The molecular formula is C12H17NO4. The number of carboxylic acids is 1. The molecule has 0 saturated carbocycles. The number of ether oxygens (including phenoxy) is 1. The smallest absolute Gasteiger partial charge is 0.307 e. The first kappa shape index (κ1) is 12.1. The molecule has 1 aliphatic carbocycles. The predicted molar refractivity (Wildman–Crippen MR) is 60.4 cm³/mol. The predicted octanol–water partition coefficient (Wildman–Crippen LogP) is 0.558. The summed E-state index contributed by atoms with van der Waals surface area (Å²) in [6.45, 7) is 1.20. The van der Waals surface area contributed by atoms with Crippen LogP contribution in [-0.4, -0.2) is 36.2 Å². The van der Waals surface area contributed by atoms with Gasteiger partial charge >= 0.3 is 5.97 Å². The van der Waals surface area contributed by atoms with Crippen molar-refractivity contribution in [1.82, 2.24) is 5.32 Å². The fourth-order valence-electron chi connectivity index (χ4n) is 2.33. The highest BCUT2D eigenvalue weighted by Gasteiger charge is 2.35. The minimum absolute atomic E-state index is 0.0443. The molecule has 0 aromatic rings. The largest absolute Gasteiger partial charge is 0.481 e. The normalized spacial score (nSPS) is 32.4. The average molecular weight is 239 g/mol. The molecule has 1 aliphatic heterocycles. The highest BCUT2D eigenvalue weighted by atomic mass is 16.5. The van der Waals surface area contributed by atoms with E-state index in [4.69, 9.17) is 9.84 Å². The lowest BCUT2D eigenvalue weighted by molar-refractivity contribution is -0.147. The Bertz CT molecular complexity index is 333. The van der Waals surface area contributed by atoms with E-state index in [-0.39, 0.29) is 11.9 Å². The maximum absolute atomic E-state index is 12.0. The fraction of sp³-hybridized carbons (Fsp3) is 0.667. The lowest BCUT2D eigenvalue weighted by atomic mass is 9.82. The van der Waals surface area contributed by atoms with Gasteiger partial charge in [0.1, 0.15) is 0 Å². The quantitative estimate of drug-likeness (QED) is 0.705.